The van der Waals surface area contributed by atoms with Crippen LogP contribution in [0.1, 0.15) is 26.7 Å². The van der Waals surface area contributed by atoms with Gasteiger partial charge in [-0.3, -0.25) is 4.79 Å². The molecular formula is C9H15NO2. The van der Waals surface area contributed by atoms with Gasteiger partial charge in [0.15, 0.2) is 0 Å². The smallest absolute Gasteiger partial charge is 0.295 e. The second-order valence-corrected chi connectivity index (χ2v) is 2.48. The van der Waals surface area contributed by atoms with E-state index in [4.69, 9.17) is 5.11 Å². The Hall–Kier alpha value is -1.01. The van der Waals surface area contributed by atoms with Crippen LogP contribution in [0.3, 0.4) is 0 Å². The Morgan fingerprint density at radius 3 is 2.83 bits per heavy atom. The Morgan fingerprint density at radius 1 is 1.67 bits per heavy atom. The predicted molar refractivity (Wildman–Crippen MR) is 47.4 cm³/mol. The van der Waals surface area contributed by atoms with Crippen molar-refractivity contribution in [3.63, 3.8) is 0 Å². The Bertz CT molecular complexity index is 190. The van der Waals surface area contributed by atoms with Crippen molar-refractivity contribution in [2.45, 2.75) is 32.8 Å². The molecule has 0 radical (unpaired) electrons. The van der Waals surface area contributed by atoms with Gasteiger partial charge in [0.25, 0.3) is 5.91 Å². The Balaban J connectivity index is 3.41. The van der Waals surface area contributed by atoms with Crippen LogP contribution in [0.4, 0.5) is 0 Å². The standard InChI is InChI=1S/C9H15NO2/c1-3-5-9(12)10-7-6-8(11)4-2/h8,11H,4,6-7H2,1-2H3,(H,10,12). The van der Waals surface area contributed by atoms with E-state index >= 15 is 0 Å². The minimum absolute atomic E-state index is 0.277. The highest BCUT2D eigenvalue weighted by atomic mass is 16.3. The van der Waals surface area contributed by atoms with Gasteiger partial charge in [0.2, 0.25) is 0 Å². The molecule has 3 nitrogen and oxygen atoms in total. The number of nitrogens with one attached hydrogen (secondary N) is 1. The zero-order valence-corrected chi connectivity index (χ0v) is 7.55. The molecule has 12 heavy (non-hydrogen) atoms. The molecule has 0 rings (SSSR count). The highest BCUT2D eigenvalue weighted by Crippen LogP contribution is 1.93. The van der Waals surface area contributed by atoms with Crippen molar-refractivity contribution in [2.24, 2.45) is 0 Å². The van der Waals surface area contributed by atoms with Crippen LogP contribution in [-0.4, -0.2) is 23.7 Å². The number of aliphatic hydroxyl groups is 1. The van der Waals surface area contributed by atoms with Crippen LogP contribution in [0.2, 0.25) is 0 Å². The second kappa shape index (κ2) is 6.68. The largest absolute Gasteiger partial charge is 0.393 e. The summed E-state index contributed by atoms with van der Waals surface area (Å²) in [7, 11) is 0. The van der Waals surface area contributed by atoms with Crippen LogP contribution in [0.15, 0.2) is 0 Å². The summed E-state index contributed by atoms with van der Waals surface area (Å²) in [6.45, 7) is 4.00. The van der Waals surface area contributed by atoms with Gasteiger partial charge in [-0.2, -0.15) is 0 Å². The zero-order valence-electron chi connectivity index (χ0n) is 7.55. The first-order valence-electron chi connectivity index (χ1n) is 4.09. The molecule has 1 atom stereocenters. The molecule has 0 aromatic rings. The molecule has 0 spiro atoms. The van der Waals surface area contributed by atoms with Gasteiger partial charge in [-0.15, -0.1) is 0 Å². The molecule has 3 heteroatoms. The molecule has 0 aromatic heterocycles. The molecule has 0 heterocycles. The summed E-state index contributed by atoms with van der Waals surface area (Å²) < 4.78 is 0. The fourth-order valence-electron chi connectivity index (χ4n) is 0.714. The van der Waals surface area contributed by atoms with Crippen LogP contribution < -0.4 is 5.32 Å². The summed E-state index contributed by atoms with van der Waals surface area (Å²) in [5.41, 5.74) is 0. The van der Waals surface area contributed by atoms with Gasteiger partial charge in [0, 0.05) is 6.54 Å². The lowest BCUT2D eigenvalue weighted by Crippen LogP contribution is -2.25. The second-order valence-electron chi connectivity index (χ2n) is 2.48. The summed E-state index contributed by atoms with van der Waals surface area (Å²) in [4.78, 5) is 10.7. The number of carbonyl (C=O) groups is 1. The van der Waals surface area contributed by atoms with Crippen molar-refractivity contribution in [1.82, 2.24) is 5.32 Å². The molecule has 0 aliphatic carbocycles. The minimum atomic E-state index is -0.320. The van der Waals surface area contributed by atoms with Crippen molar-refractivity contribution < 1.29 is 9.90 Å². The van der Waals surface area contributed by atoms with Crippen LogP contribution in [0.25, 0.3) is 0 Å². The van der Waals surface area contributed by atoms with E-state index in [1.165, 1.54) is 0 Å². The average molecular weight is 169 g/mol. The van der Waals surface area contributed by atoms with Gasteiger partial charge in [-0.1, -0.05) is 12.8 Å². The van der Waals surface area contributed by atoms with E-state index in [1.807, 2.05) is 6.92 Å². The average Bonchev–Trinajstić information content (AvgIpc) is 2.04. The summed E-state index contributed by atoms with van der Waals surface area (Å²) in [5.74, 6) is 4.57. The zero-order chi connectivity index (χ0) is 9.40. The lowest BCUT2D eigenvalue weighted by molar-refractivity contribution is -0.115. The number of aliphatic hydroxyl groups excluding tert-OH is 1. The third-order valence-corrected chi connectivity index (χ3v) is 1.47. The fourth-order valence-corrected chi connectivity index (χ4v) is 0.714. The number of hydrogen-bond donors (Lipinski definition) is 2. The first-order chi connectivity index (χ1) is 5.70. The normalized spacial score (nSPS) is 11.2. The molecule has 0 aliphatic rings. The molecule has 0 bridgehead atoms. The van der Waals surface area contributed by atoms with Gasteiger partial charge in [-0.25, -0.2) is 0 Å². The lowest BCUT2D eigenvalue weighted by atomic mass is 10.2. The minimum Gasteiger partial charge on any atom is -0.393 e. The molecule has 68 valence electrons. The van der Waals surface area contributed by atoms with Gasteiger partial charge >= 0.3 is 0 Å². The highest BCUT2D eigenvalue weighted by Gasteiger charge is 2.00. The van der Waals surface area contributed by atoms with E-state index in [2.05, 4.69) is 17.2 Å². The van der Waals surface area contributed by atoms with Gasteiger partial charge in [0.05, 0.1) is 6.10 Å². The molecule has 0 saturated carbocycles. The lowest BCUT2D eigenvalue weighted by Gasteiger charge is -2.06. The maximum Gasteiger partial charge on any atom is 0.295 e. The highest BCUT2D eigenvalue weighted by molar-refractivity contribution is 5.93. The van der Waals surface area contributed by atoms with Crippen LogP contribution in [0, 0.1) is 11.8 Å². The SMILES string of the molecule is CC#CC(=O)NCCC(O)CC. The third-order valence-electron chi connectivity index (χ3n) is 1.47. The van der Waals surface area contributed by atoms with Gasteiger partial charge < -0.3 is 10.4 Å². The van der Waals surface area contributed by atoms with Crippen LogP contribution in [-0.2, 0) is 4.79 Å². The summed E-state index contributed by atoms with van der Waals surface area (Å²) in [6.07, 6.45) is 0.989. The molecule has 1 amide bonds. The van der Waals surface area contributed by atoms with Crippen LogP contribution >= 0.6 is 0 Å². The number of amides is 1. The van der Waals surface area contributed by atoms with E-state index in [0.717, 1.165) is 6.42 Å². The maximum atomic E-state index is 10.7. The third kappa shape index (κ3) is 5.75. The Labute approximate surface area is 73.2 Å². The first kappa shape index (κ1) is 11.0. The van der Waals surface area contributed by atoms with E-state index < -0.39 is 0 Å². The van der Waals surface area contributed by atoms with Crippen molar-refractivity contribution in [3.05, 3.63) is 0 Å². The summed E-state index contributed by atoms with van der Waals surface area (Å²) in [5, 5.41) is 11.7. The van der Waals surface area contributed by atoms with E-state index in [1.54, 1.807) is 6.92 Å². The van der Waals surface area contributed by atoms with E-state index in [0.29, 0.717) is 13.0 Å². The summed E-state index contributed by atoms with van der Waals surface area (Å²) >= 11 is 0. The van der Waals surface area contributed by atoms with E-state index in [9.17, 15) is 4.79 Å². The first-order valence-corrected chi connectivity index (χ1v) is 4.09. The summed E-state index contributed by atoms with van der Waals surface area (Å²) in [6, 6.07) is 0. The number of hydrogen-bond acceptors (Lipinski definition) is 2. The molecule has 0 fully saturated rings. The molecule has 0 aromatic carbocycles. The number of carbonyl (C=O) groups excluding carboxylic acids is 1. The van der Waals surface area contributed by atoms with Crippen LogP contribution in [0.5, 0.6) is 0 Å². The Morgan fingerprint density at radius 2 is 2.33 bits per heavy atom. The van der Waals surface area contributed by atoms with Crippen molar-refractivity contribution in [1.29, 1.82) is 0 Å². The molecule has 2 N–H and O–H groups in total. The van der Waals surface area contributed by atoms with Gasteiger partial charge in [0.1, 0.15) is 0 Å². The molecule has 0 saturated heterocycles. The van der Waals surface area contributed by atoms with Gasteiger partial charge in [-0.05, 0) is 25.7 Å². The molecular weight excluding hydrogens is 154 g/mol. The predicted octanol–water partition coefficient (Wildman–Crippen LogP) is 0.287. The maximum absolute atomic E-state index is 10.7. The molecule has 0 aliphatic heterocycles. The quantitative estimate of drug-likeness (QED) is 0.594. The topological polar surface area (TPSA) is 49.3 Å². The monoisotopic (exact) mass is 169 g/mol. The fraction of sp³-hybridized carbons (Fsp3) is 0.667. The van der Waals surface area contributed by atoms with E-state index in [-0.39, 0.29) is 12.0 Å². The van der Waals surface area contributed by atoms with Crippen molar-refractivity contribution >= 4 is 5.91 Å². The van der Waals surface area contributed by atoms with Crippen molar-refractivity contribution in [2.75, 3.05) is 6.54 Å². The molecule has 1 unspecified atom stereocenters. The Kier molecular flexibility index (Phi) is 6.12. The number of rotatable bonds is 4. The van der Waals surface area contributed by atoms with Crippen molar-refractivity contribution in [3.8, 4) is 11.8 Å².